The van der Waals surface area contributed by atoms with E-state index in [0.717, 1.165) is 15.8 Å². The standard InChI is InChI=1S/C21H22N2O4S/c1-3-25-9-8-23-16-6-4-14(2)10-19(16)28-21(23)22-20(24)12-15-5-7-17-18(11-15)27-13-26-17/h4-7,10-11H,3,8-9,12-13H2,1-2H3. The molecule has 1 amide bonds. The average molecular weight is 398 g/mol. The van der Waals surface area contributed by atoms with Gasteiger partial charge in [0.25, 0.3) is 5.91 Å². The lowest BCUT2D eigenvalue weighted by atomic mass is 10.1. The van der Waals surface area contributed by atoms with Gasteiger partial charge in [0.1, 0.15) is 0 Å². The van der Waals surface area contributed by atoms with Crippen molar-refractivity contribution in [1.29, 1.82) is 0 Å². The minimum absolute atomic E-state index is 0.188. The van der Waals surface area contributed by atoms with Crippen molar-refractivity contribution in [3.05, 3.63) is 52.3 Å². The molecule has 0 saturated carbocycles. The molecule has 0 spiro atoms. The van der Waals surface area contributed by atoms with E-state index < -0.39 is 0 Å². The van der Waals surface area contributed by atoms with Crippen LogP contribution in [0.4, 0.5) is 0 Å². The number of carbonyl (C=O) groups excluding carboxylic acids is 1. The van der Waals surface area contributed by atoms with Gasteiger partial charge in [0, 0.05) is 13.2 Å². The van der Waals surface area contributed by atoms with E-state index in [-0.39, 0.29) is 19.1 Å². The SMILES string of the molecule is CCOCCn1c(=NC(=O)Cc2ccc3c(c2)OCO3)sc2cc(C)ccc21. The van der Waals surface area contributed by atoms with Gasteiger partial charge in [-0.05, 0) is 49.2 Å². The lowest BCUT2D eigenvalue weighted by Gasteiger charge is -2.05. The van der Waals surface area contributed by atoms with Gasteiger partial charge in [-0.2, -0.15) is 4.99 Å². The van der Waals surface area contributed by atoms with Gasteiger partial charge >= 0.3 is 0 Å². The first kappa shape index (κ1) is 18.7. The lowest BCUT2D eigenvalue weighted by molar-refractivity contribution is -0.117. The highest BCUT2D eigenvalue weighted by atomic mass is 32.1. The first-order valence-corrected chi connectivity index (χ1v) is 10.1. The van der Waals surface area contributed by atoms with Crippen LogP contribution in [0.25, 0.3) is 10.2 Å². The van der Waals surface area contributed by atoms with Gasteiger partial charge in [-0.3, -0.25) is 4.79 Å². The summed E-state index contributed by atoms with van der Waals surface area (Å²) in [6.07, 6.45) is 0.218. The van der Waals surface area contributed by atoms with E-state index in [1.165, 1.54) is 16.9 Å². The number of ether oxygens (including phenoxy) is 3. The van der Waals surface area contributed by atoms with E-state index in [2.05, 4.69) is 34.7 Å². The van der Waals surface area contributed by atoms with Gasteiger partial charge in [0.2, 0.25) is 6.79 Å². The van der Waals surface area contributed by atoms with Gasteiger partial charge in [-0.15, -0.1) is 0 Å². The third-order valence-electron chi connectivity index (χ3n) is 4.51. The molecule has 6 nitrogen and oxygen atoms in total. The maximum Gasteiger partial charge on any atom is 0.252 e. The number of hydrogen-bond acceptors (Lipinski definition) is 5. The summed E-state index contributed by atoms with van der Waals surface area (Å²) in [5.41, 5.74) is 3.12. The Bertz CT molecular complexity index is 1080. The summed E-state index contributed by atoms with van der Waals surface area (Å²) in [5.74, 6) is 1.20. The molecule has 7 heteroatoms. The Morgan fingerprint density at radius 2 is 2.07 bits per heavy atom. The molecule has 4 rings (SSSR count). The minimum Gasteiger partial charge on any atom is -0.454 e. The van der Waals surface area contributed by atoms with E-state index in [0.29, 0.717) is 36.1 Å². The molecule has 28 heavy (non-hydrogen) atoms. The highest BCUT2D eigenvalue weighted by Crippen LogP contribution is 2.32. The second kappa shape index (κ2) is 8.16. The Labute approximate surface area is 167 Å². The second-order valence-electron chi connectivity index (χ2n) is 6.57. The largest absolute Gasteiger partial charge is 0.454 e. The molecule has 0 N–H and O–H groups in total. The van der Waals surface area contributed by atoms with Crippen LogP contribution in [0.5, 0.6) is 11.5 Å². The number of benzene rings is 2. The zero-order valence-corrected chi connectivity index (χ0v) is 16.8. The van der Waals surface area contributed by atoms with Crippen molar-refractivity contribution >= 4 is 27.5 Å². The van der Waals surface area contributed by atoms with Crippen molar-refractivity contribution in [2.45, 2.75) is 26.8 Å². The van der Waals surface area contributed by atoms with E-state index in [9.17, 15) is 4.79 Å². The van der Waals surface area contributed by atoms with Gasteiger partial charge in [-0.25, -0.2) is 0 Å². The van der Waals surface area contributed by atoms with E-state index in [1.54, 1.807) is 0 Å². The molecule has 2 aromatic carbocycles. The molecule has 3 aromatic rings. The van der Waals surface area contributed by atoms with Crippen LogP contribution in [0.1, 0.15) is 18.1 Å². The summed E-state index contributed by atoms with van der Waals surface area (Å²) in [4.78, 5) is 17.7. The summed E-state index contributed by atoms with van der Waals surface area (Å²) < 4.78 is 19.4. The zero-order valence-electron chi connectivity index (χ0n) is 15.9. The van der Waals surface area contributed by atoms with Gasteiger partial charge < -0.3 is 18.8 Å². The molecule has 0 atom stereocenters. The average Bonchev–Trinajstić information content (AvgIpc) is 3.25. The van der Waals surface area contributed by atoms with E-state index >= 15 is 0 Å². The van der Waals surface area contributed by atoms with Crippen LogP contribution in [0.3, 0.4) is 0 Å². The lowest BCUT2D eigenvalue weighted by Crippen LogP contribution is -2.20. The Hall–Kier alpha value is -2.64. The van der Waals surface area contributed by atoms with Gasteiger partial charge in [0.05, 0.1) is 23.2 Å². The molecule has 1 aliphatic rings. The number of hydrogen-bond donors (Lipinski definition) is 0. The zero-order chi connectivity index (χ0) is 19.5. The van der Waals surface area contributed by atoms with Crippen molar-refractivity contribution in [3.63, 3.8) is 0 Å². The summed E-state index contributed by atoms with van der Waals surface area (Å²) in [7, 11) is 0. The van der Waals surface area contributed by atoms with Crippen LogP contribution in [0, 0.1) is 6.92 Å². The van der Waals surface area contributed by atoms with Gasteiger partial charge in [-0.1, -0.05) is 23.5 Å². The number of fused-ring (bicyclic) bond motifs is 2. The van der Waals surface area contributed by atoms with Crippen LogP contribution < -0.4 is 14.3 Å². The Morgan fingerprint density at radius 3 is 2.93 bits per heavy atom. The van der Waals surface area contributed by atoms with Gasteiger partial charge in [0.15, 0.2) is 16.3 Å². The first-order chi connectivity index (χ1) is 13.6. The van der Waals surface area contributed by atoms with Crippen molar-refractivity contribution in [2.75, 3.05) is 20.0 Å². The molecule has 0 unspecified atom stereocenters. The van der Waals surface area contributed by atoms with Crippen molar-refractivity contribution in [3.8, 4) is 11.5 Å². The number of amides is 1. The predicted molar refractivity (Wildman–Crippen MR) is 108 cm³/mol. The summed E-state index contributed by atoms with van der Waals surface area (Å²) in [6.45, 7) is 6.16. The van der Waals surface area contributed by atoms with Crippen LogP contribution in [0.15, 0.2) is 41.4 Å². The predicted octanol–water partition coefficient (Wildman–Crippen LogP) is 3.45. The Morgan fingerprint density at radius 1 is 1.21 bits per heavy atom. The van der Waals surface area contributed by atoms with E-state index in [1.807, 2.05) is 25.1 Å². The third-order valence-corrected chi connectivity index (χ3v) is 5.56. The molecule has 0 radical (unpaired) electrons. The van der Waals surface area contributed by atoms with Crippen molar-refractivity contribution in [2.24, 2.45) is 4.99 Å². The Kier molecular flexibility index (Phi) is 5.45. The molecule has 0 fully saturated rings. The molecule has 0 saturated heterocycles. The molecule has 146 valence electrons. The molecule has 0 bridgehead atoms. The second-order valence-corrected chi connectivity index (χ2v) is 7.58. The normalized spacial score (nSPS) is 13.4. The third kappa shape index (κ3) is 3.95. The van der Waals surface area contributed by atoms with Crippen LogP contribution >= 0.6 is 11.3 Å². The quantitative estimate of drug-likeness (QED) is 0.597. The molecular formula is C21H22N2O4S. The number of rotatable bonds is 6. The van der Waals surface area contributed by atoms with E-state index in [4.69, 9.17) is 14.2 Å². The fourth-order valence-electron chi connectivity index (χ4n) is 3.15. The molecule has 2 heterocycles. The number of nitrogens with zero attached hydrogens (tertiary/aromatic N) is 2. The first-order valence-electron chi connectivity index (χ1n) is 9.28. The molecule has 1 aliphatic heterocycles. The highest BCUT2D eigenvalue weighted by molar-refractivity contribution is 7.16. The monoisotopic (exact) mass is 398 g/mol. The molecule has 0 aliphatic carbocycles. The van der Waals surface area contributed by atoms with Crippen LogP contribution in [-0.2, 0) is 22.5 Å². The number of carbonyl (C=O) groups is 1. The number of thiazole rings is 1. The number of aryl methyl sites for hydroxylation is 1. The topological polar surface area (TPSA) is 62.1 Å². The summed E-state index contributed by atoms with van der Waals surface area (Å²) in [5, 5.41) is 0. The summed E-state index contributed by atoms with van der Waals surface area (Å²) in [6, 6.07) is 11.8. The molecule has 1 aromatic heterocycles. The maximum atomic E-state index is 12.6. The number of aromatic nitrogens is 1. The van der Waals surface area contributed by atoms with Crippen molar-refractivity contribution < 1.29 is 19.0 Å². The van der Waals surface area contributed by atoms with Crippen molar-refractivity contribution in [1.82, 2.24) is 4.57 Å². The van der Waals surface area contributed by atoms with Crippen LogP contribution in [-0.4, -0.2) is 30.5 Å². The summed E-state index contributed by atoms with van der Waals surface area (Å²) >= 11 is 1.53. The fourth-order valence-corrected chi connectivity index (χ4v) is 4.33. The highest BCUT2D eigenvalue weighted by Gasteiger charge is 2.15. The smallest absolute Gasteiger partial charge is 0.252 e. The van der Waals surface area contributed by atoms with Crippen LogP contribution in [0.2, 0.25) is 0 Å². The molecular weight excluding hydrogens is 376 g/mol. The maximum absolute atomic E-state index is 12.6. The minimum atomic E-state index is -0.188. The Balaban J connectivity index is 1.63. The fraction of sp³-hybridized carbons (Fsp3) is 0.333.